The summed E-state index contributed by atoms with van der Waals surface area (Å²) in [6, 6.07) is 8.60. The first-order valence-electron chi connectivity index (χ1n) is 5.36. The molecule has 0 aliphatic carbocycles. The fraction of sp³-hybridized carbons (Fsp3) is 0.0769. The van der Waals surface area contributed by atoms with E-state index in [1.165, 1.54) is 6.20 Å². The molecule has 1 aromatic carbocycles. The lowest BCUT2D eigenvalue weighted by atomic mass is 10.2. The van der Waals surface area contributed by atoms with E-state index < -0.39 is 0 Å². The number of aryl methyl sites for hydroxylation is 1. The van der Waals surface area contributed by atoms with Crippen LogP contribution >= 0.6 is 11.6 Å². The van der Waals surface area contributed by atoms with E-state index in [4.69, 9.17) is 17.3 Å². The zero-order valence-corrected chi connectivity index (χ0v) is 10.5. The molecule has 18 heavy (non-hydrogen) atoms. The van der Waals surface area contributed by atoms with Crippen LogP contribution in [0.1, 0.15) is 15.9 Å². The van der Waals surface area contributed by atoms with Crippen molar-refractivity contribution in [1.29, 1.82) is 0 Å². The van der Waals surface area contributed by atoms with Crippen molar-refractivity contribution in [3.05, 3.63) is 52.7 Å². The van der Waals surface area contributed by atoms with E-state index in [0.717, 1.165) is 5.56 Å². The first kappa shape index (κ1) is 12.4. The topological polar surface area (TPSA) is 68.0 Å². The number of benzene rings is 1. The number of aromatic nitrogens is 1. The second kappa shape index (κ2) is 5.06. The van der Waals surface area contributed by atoms with Gasteiger partial charge in [-0.2, -0.15) is 0 Å². The first-order valence-corrected chi connectivity index (χ1v) is 5.73. The van der Waals surface area contributed by atoms with Gasteiger partial charge >= 0.3 is 0 Å². The number of halogens is 1. The Morgan fingerprint density at radius 3 is 2.83 bits per heavy atom. The SMILES string of the molecule is Cc1ccc(NC(=O)c2cccnc2N)cc1Cl. The standard InChI is InChI=1S/C13H12ClN3O/c1-8-4-5-9(7-11(8)14)17-13(18)10-3-2-6-16-12(10)15/h2-7H,1H3,(H2,15,16)(H,17,18). The highest BCUT2D eigenvalue weighted by Crippen LogP contribution is 2.20. The van der Waals surface area contributed by atoms with Crippen LogP contribution in [-0.2, 0) is 0 Å². The number of amides is 1. The van der Waals surface area contributed by atoms with Crippen molar-refractivity contribution in [3.8, 4) is 0 Å². The monoisotopic (exact) mass is 261 g/mol. The van der Waals surface area contributed by atoms with Gasteiger partial charge in [0, 0.05) is 16.9 Å². The molecule has 0 atom stereocenters. The molecular weight excluding hydrogens is 250 g/mol. The van der Waals surface area contributed by atoms with E-state index in [0.29, 0.717) is 16.3 Å². The molecule has 1 aromatic heterocycles. The predicted molar refractivity (Wildman–Crippen MR) is 72.8 cm³/mol. The van der Waals surface area contributed by atoms with E-state index >= 15 is 0 Å². The molecule has 0 saturated carbocycles. The van der Waals surface area contributed by atoms with Crippen LogP contribution in [0.4, 0.5) is 11.5 Å². The lowest BCUT2D eigenvalue weighted by Crippen LogP contribution is -2.14. The average molecular weight is 262 g/mol. The van der Waals surface area contributed by atoms with E-state index in [2.05, 4.69) is 10.3 Å². The molecule has 0 aliphatic rings. The molecule has 0 unspecified atom stereocenters. The quantitative estimate of drug-likeness (QED) is 0.873. The maximum absolute atomic E-state index is 12.0. The fourth-order valence-electron chi connectivity index (χ4n) is 1.48. The van der Waals surface area contributed by atoms with E-state index in [1.807, 2.05) is 13.0 Å². The summed E-state index contributed by atoms with van der Waals surface area (Å²) in [5.41, 5.74) is 7.55. The Morgan fingerprint density at radius 2 is 2.17 bits per heavy atom. The van der Waals surface area contributed by atoms with Crippen LogP contribution in [0.15, 0.2) is 36.5 Å². The van der Waals surface area contributed by atoms with Gasteiger partial charge in [-0.1, -0.05) is 17.7 Å². The van der Waals surface area contributed by atoms with Gasteiger partial charge in [0.05, 0.1) is 5.56 Å². The van der Waals surface area contributed by atoms with Gasteiger partial charge in [0.25, 0.3) is 5.91 Å². The smallest absolute Gasteiger partial charge is 0.259 e. The molecule has 0 fully saturated rings. The van der Waals surface area contributed by atoms with Gasteiger partial charge in [-0.25, -0.2) is 4.98 Å². The number of rotatable bonds is 2. The summed E-state index contributed by atoms with van der Waals surface area (Å²) in [5, 5.41) is 3.33. The average Bonchev–Trinajstić information content (AvgIpc) is 2.34. The zero-order chi connectivity index (χ0) is 13.1. The minimum absolute atomic E-state index is 0.202. The van der Waals surface area contributed by atoms with Crippen molar-refractivity contribution in [1.82, 2.24) is 4.98 Å². The summed E-state index contributed by atoms with van der Waals surface area (Å²) < 4.78 is 0. The number of pyridine rings is 1. The van der Waals surface area contributed by atoms with Crippen LogP contribution < -0.4 is 11.1 Å². The molecule has 4 nitrogen and oxygen atoms in total. The lowest BCUT2D eigenvalue weighted by Gasteiger charge is -2.07. The molecule has 2 aromatic rings. The van der Waals surface area contributed by atoms with Crippen LogP contribution in [0, 0.1) is 6.92 Å². The maximum atomic E-state index is 12.0. The third kappa shape index (κ3) is 2.60. The van der Waals surface area contributed by atoms with Gasteiger partial charge in [0.15, 0.2) is 0 Å². The highest BCUT2D eigenvalue weighted by molar-refractivity contribution is 6.31. The largest absolute Gasteiger partial charge is 0.383 e. The molecule has 2 rings (SSSR count). The van der Waals surface area contributed by atoms with Gasteiger partial charge in [0.2, 0.25) is 0 Å². The summed E-state index contributed by atoms with van der Waals surface area (Å²) in [6.07, 6.45) is 1.54. The second-order valence-electron chi connectivity index (χ2n) is 3.85. The zero-order valence-electron chi connectivity index (χ0n) is 9.77. The summed E-state index contributed by atoms with van der Waals surface area (Å²) in [6.45, 7) is 1.90. The number of nitrogens with zero attached hydrogens (tertiary/aromatic N) is 1. The van der Waals surface area contributed by atoms with E-state index in [9.17, 15) is 4.79 Å². The third-order valence-corrected chi connectivity index (χ3v) is 2.92. The van der Waals surface area contributed by atoms with Crippen molar-refractivity contribution >= 4 is 29.0 Å². The molecule has 3 N–H and O–H groups in total. The number of hydrogen-bond donors (Lipinski definition) is 2. The van der Waals surface area contributed by atoms with Gasteiger partial charge in [0.1, 0.15) is 5.82 Å². The number of nitrogens with two attached hydrogens (primary N) is 1. The summed E-state index contributed by atoms with van der Waals surface area (Å²) in [4.78, 5) is 15.8. The fourth-order valence-corrected chi connectivity index (χ4v) is 1.66. The molecule has 0 aliphatic heterocycles. The van der Waals surface area contributed by atoms with Crippen molar-refractivity contribution in [2.45, 2.75) is 6.92 Å². The minimum atomic E-state index is -0.305. The predicted octanol–water partition coefficient (Wildman–Crippen LogP) is 2.88. The molecule has 0 spiro atoms. The molecule has 92 valence electrons. The van der Waals surface area contributed by atoms with Crippen LogP contribution in [-0.4, -0.2) is 10.9 Å². The van der Waals surface area contributed by atoms with E-state index in [1.54, 1.807) is 24.3 Å². The number of nitrogens with one attached hydrogen (secondary N) is 1. The van der Waals surface area contributed by atoms with Crippen LogP contribution in [0.5, 0.6) is 0 Å². The van der Waals surface area contributed by atoms with Gasteiger partial charge in [-0.15, -0.1) is 0 Å². The Balaban J connectivity index is 2.22. The van der Waals surface area contributed by atoms with Crippen LogP contribution in [0.3, 0.4) is 0 Å². The number of carbonyl (C=O) groups excluding carboxylic acids is 1. The summed E-state index contributed by atoms with van der Waals surface area (Å²) in [7, 11) is 0. The Hall–Kier alpha value is -2.07. The van der Waals surface area contributed by atoms with Crippen molar-refractivity contribution in [2.24, 2.45) is 0 Å². The number of carbonyl (C=O) groups is 1. The Kier molecular flexibility index (Phi) is 3.48. The van der Waals surface area contributed by atoms with E-state index in [-0.39, 0.29) is 11.7 Å². The van der Waals surface area contributed by atoms with Crippen molar-refractivity contribution in [3.63, 3.8) is 0 Å². The third-order valence-electron chi connectivity index (χ3n) is 2.51. The molecule has 5 heteroatoms. The number of nitrogen functional groups attached to an aromatic ring is 1. The number of anilines is 2. The molecule has 0 saturated heterocycles. The highest BCUT2D eigenvalue weighted by Gasteiger charge is 2.10. The normalized spacial score (nSPS) is 10.1. The van der Waals surface area contributed by atoms with Crippen LogP contribution in [0.25, 0.3) is 0 Å². The summed E-state index contributed by atoms with van der Waals surface area (Å²) >= 11 is 5.99. The van der Waals surface area contributed by atoms with Gasteiger partial charge in [-0.3, -0.25) is 4.79 Å². The second-order valence-corrected chi connectivity index (χ2v) is 4.26. The minimum Gasteiger partial charge on any atom is -0.383 e. The summed E-state index contributed by atoms with van der Waals surface area (Å²) in [5.74, 6) is -0.103. The Labute approximate surface area is 110 Å². The van der Waals surface area contributed by atoms with Crippen molar-refractivity contribution < 1.29 is 4.79 Å². The molecular formula is C13H12ClN3O. The maximum Gasteiger partial charge on any atom is 0.259 e. The molecule has 1 amide bonds. The van der Waals surface area contributed by atoms with Crippen molar-refractivity contribution in [2.75, 3.05) is 11.1 Å². The van der Waals surface area contributed by atoms with Gasteiger partial charge in [-0.05, 0) is 36.8 Å². The Morgan fingerprint density at radius 1 is 1.39 bits per heavy atom. The number of hydrogen-bond acceptors (Lipinski definition) is 3. The van der Waals surface area contributed by atoms with Gasteiger partial charge < -0.3 is 11.1 Å². The van der Waals surface area contributed by atoms with Crippen LogP contribution in [0.2, 0.25) is 5.02 Å². The molecule has 0 bridgehead atoms. The lowest BCUT2D eigenvalue weighted by molar-refractivity contribution is 0.102. The first-order chi connectivity index (χ1) is 8.58. The molecule has 0 radical (unpaired) electrons. The highest BCUT2D eigenvalue weighted by atomic mass is 35.5. The molecule has 1 heterocycles. The Bertz CT molecular complexity index is 599.